The number of carbonyl (C=O) groups is 1. The number of ether oxygens (including phenoxy) is 1. The van der Waals surface area contributed by atoms with E-state index in [1.54, 1.807) is 12.1 Å². The van der Waals surface area contributed by atoms with E-state index in [2.05, 4.69) is 22.3 Å². The molecule has 138 valence electrons. The monoisotopic (exact) mass is 354 g/mol. The molecule has 5 nitrogen and oxygen atoms in total. The van der Waals surface area contributed by atoms with Crippen molar-refractivity contribution >= 4 is 5.91 Å². The third kappa shape index (κ3) is 5.07. The summed E-state index contributed by atoms with van der Waals surface area (Å²) in [7, 11) is 1.98. The Morgan fingerprint density at radius 3 is 2.85 bits per heavy atom. The summed E-state index contributed by atoms with van der Waals surface area (Å²) in [6.45, 7) is 2.24. The van der Waals surface area contributed by atoms with Gasteiger partial charge in [0.2, 0.25) is 0 Å². The van der Waals surface area contributed by atoms with Crippen molar-refractivity contribution < 1.29 is 14.6 Å². The smallest absolute Gasteiger partial charge is 0.251 e. The van der Waals surface area contributed by atoms with Crippen molar-refractivity contribution in [1.29, 1.82) is 0 Å². The minimum atomic E-state index is -0.578. The van der Waals surface area contributed by atoms with Gasteiger partial charge in [0.1, 0.15) is 18.5 Å². The Hall–Kier alpha value is -2.37. The van der Waals surface area contributed by atoms with Gasteiger partial charge in [0.15, 0.2) is 0 Å². The summed E-state index contributed by atoms with van der Waals surface area (Å²) in [6, 6.07) is 15.7. The molecule has 0 bridgehead atoms. The average Bonchev–Trinajstić information content (AvgIpc) is 2.82. The van der Waals surface area contributed by atoms with E-state index in [1.165, 1.54) is 5.56 Å². The Morgan fingerprint density at radius 1 is 1.23 bits per heavy atom. The van der Waals surface area contributed by atoms with Crippen LogP contribution in [0.15, 0.2) is 48.5 Å². The zero-order chi connectivity index (χ0) is 18.4. The molecule has 1 aliphatic rings. The lowest BCUT2D eigenvalue weighted by Crippen LogP contribution is -2.32. The SMILES string of the molecule is CN(Cc1ccccc1)CC(O)COc1ccc2c(c1)CCCNC2=O. The lowest BCUT2D eigenvalue weighted by molar-refractivity contribution is 0.0743. The molecule has 2 aromatic carbocycles. The van der Waals surface area contributed by atoms with Crippen LogP contribution in [0.2, 0.25) is 0 Å². The highest BCUT2D eigenvalue weighted by molar-refractivity contribution is 5.96. The van der Waals surface area contributed by atoms with Gasteiger partial charge < -0.3 is 15.2 Å². The fourth-order valence-corrected chi connectivity index (χ4v) is 3.23. The molecule has 0 saturated heterocycles. The highest BCUT2D eigenvalue weighted by atomic mass is 16.5. The predicted molar refractivity (Wildman–Crippen MR) is 101 cm³/mol. The maximum Gasteiger partial charge on any atom is 0.251 e. The third-order valence-electron chi connectivity index (χ3n) is 4.49. The number of nitrogens with one attached hydrogen (secondary N) is 1. The molecule has 2 aromatic rings. The molecule has 0 saturated carbocycles. The molecule has 0 spiro atoms. The minimum Gasteiger partial charge on any atom is -0.491 e. The fraction of sp³-hybridized carbons (Fsp3) is 0.381. The topological polar surface area (TPSA) is 61.8 Å². The van der Waals surface area contributed by atoms with Crippen LogP contribution in [0.5, 0.6) is 5.75 Å². The summed E-state index contributed by atoms with van der Waals surface area (Å²) in [5, 5.41) is 13.1. The second-order valence-electron chi connectivity index (χ2n) is 6.83. The van der Waals surface area contributed by atoms with Crippen LogP contribution in [-0.4, -0.2) is 48.8 Å². The Bertz CT molecular complexity index is 733. The molecule has 1 atom stereocenters. The largest absolute Gasteiger partial charge is 0.491 e. The number of hydrogen-bond acceptors (Lipinski definition) is 4. The number of aryl methyl sites for hydroxylation is 1. The fourth-order valence-electron chi connectivity index (χ4n) is 3.23. The van der Waals surface area contributed by atoms with Crippen molar-refractivity contribution in [2.24, 2.45) is 0 Å². The molecule has 0 aromatic heterocycles. The highest BCUT2D eigenvalue weighted by Crippen LogP contribution is 2.21. The number of likely N-dealkylation sites (N-methyl/N-ethyl adjacent to an activating group) is 1. The van der Waals surface area contributed by atoms with E-state index >= 15 is 0 Å². The molecule has 1 aliphatic heterocycles. The van der Waals surface area contributed by atoms with E-state index in [0.29, 0.717) is 18.8 Å². The van der Waals surface area contributed by atoms with Crippen LogP contribution in [0.25, 0.3) is 0 Å². The molecule has 26 heavy (non-hydrogen) atoms. The highest BCUT2D eigenvalue weighted by Gasteiger charge is 2.16. The third-order valence-corrected chi connectivity index (χ3v) is 4.49. The lowest BCUT2D eigenvalue weighted by atomic mass is 10.0. The Labute approximate surface area is 154 Å². The van der Waals surface area contributed by atoms with Gasteiger partial charge in [-0.15, -0.1) is 0 Å². The number of hydrogen-bond donors (Lipinski definition) is 2. The van der Waals surface area contributed by atoms with Gasteiger partial charge in [-0.25, -0.2) is 0 Å². The molecular weight excluding hydrogens is 328 g/mol. The van der Waals surface area contributed by atoms with Crippen molar-refractivity contribution in [1.82, 2.24) is 10.2 Å². The first-order valence-electron chi connectivity index (χ1n) is 9.06. The number of fused-ring (bicyclic) bond motifs is 1. The van der Waals surface area contributed by atoms with Crippen LogP contribution in [0.4, 0.5) is 0 Å². The zero-order valence-electron chi connectivity index (χ0n) is 15.1. The first-order valence-corrected chi connectivity index (χ1v) is 9.06. The molecule has 0 aliphatic carbocycles. The zero-order valence-corrected chi connectivity index (χ0v) is 15.1. The number of carbonyl (C=O) groups excluding carboxylic acids is 1. The van der Waals surface area contributed by atoms with Gasteiger partial charge in [0.25, 0.3) is 5.91 Å². The standard InChI is InChI=1S/C21H26N2O3/c1-23(13-16-6-3-2-4-7-16)14-18(24)15-26-19-9-10-20-17(12-19)8-5-11-22-21(20)25/h2-4,6-7,9-10,12,18,24H,5,8,11,13-15H2,1H3,(H,22,25). The first kappa shape index (κ1) is 18.4. The van der Waals surface area contributed by atoms with E-state index in [4.69, 9.17) is 4.74 Å². The number of aliphatic hydroxyl groups is 1. The summed E-state index contributed by atoms with van der Waals surface area (Å²) < 4.78 is 5.75. The van der Waals surface area contributed by atoms with Gasteiger partial charge >= 0.3 is 0 Å². The number of benzene rings is 2. The summed E-state index contributed by atoms with van der Waals surface area (Å²) in [5.41, 5.74) is 2.94. The van der Waals surface area contributed by atoms with Crippen molar-refractivity contribution in [3.05, 3.63) is 65.2 Å². The molecule has 0 radical (unpaired) electrons. The number of rotatable bonds is 7. The van der Waals surface area contributed by atoms with Crippen LogP contribution in [0.3, 0.4) is 0 Å². The van der Waals surface area contributed by atoms with E-state index in [9.17, 15) is 9.90 Å². The van der Waals surface area contributed by atoms with Crippen LogP contribution in [0, 0.1) is 0 Å². The lowest BCUT2D eigenvalue weighted by Gasteiger charge is -2.21. The van der Waals surface area contributed by atoms with Gasteiger partial charge in [-0.2, -0.15) is 0 Å². The average molecular weight is 354 g/mol. The van der Waals surface area contributed by atoms with Gasteiger partial charge in [-0.05, 0) is 49.2 Å². The van der Waals surface area contributed by atoms with Gasteiger partial charge in [-0.1, -0.05) is 30.3 Å². The molecule has 1 heterocycles. The molecule has 2 N–H and O–H groups in total. The van der Waals surface area contributed by atoms with E-state index in [1.807, 2.05) is 31.3 Å². The van der Waals surface area contributed by atoms with Crippen molar-refractivity contribution in [3.63, 3.8) is 0 Å². The maximum absolute atomic E-state index is 12.0. The van der Waals surface area contributed by atoms with E-state index < -0.39 is 6.10 Å². The van der Waals surface area contributed by atoms with E-state index in [0.717, 1.165) is 30.5 Å². The minimum absolute atomic E-state index is 0.0216. The number of nitrogens with zero attached hydrogens (tertiary/aromatic N) is 1. The van der Waals surface area contributed by atoms with Gasteiger partial charge in [0, 0.05) is 25.2 Å². The Kier molecular flexibility index (Phi) is 6.26. The normalized spacial score (nSPS) is 15.1. The van der Waals surface area contributed by atoms with Gasteiger partial charge in [-0.3, -0.25) is 9.69 Å². The van der Waals surface area contributed by atoms with Crippen LogP contribution in [-0.2, 0) is 13.0 Å². The molecular formula is C21H26N2O3. The molecule has 0 fully saturated rings. The molecule has 5 heteroatoms. The molecule has 1 amide bonds. The molecule has 3 rings (SSSR count). The van der Waals surface area contributed by atoms with E-state index in [-0.39, 0.29) is 12.5 Å². The van der Waals surface area contributed by atoms with Crippen LogP contribution >= 0.6 is 0 Å². The Morgan fingerprint density at radius 2 is 2.04 bits per heavy atom. The van der Waals surface area contributed by atoms with Crippen LogP contribution in [0.1, 0.15) is 27.9 Å². The maximum atomic E-state index is 12.0. The van der Waals surface area contributed by atoms with Crippen LogP contribution < -0.4 is 10.1 Å². The van der Waals surface area contributed by atoms with Crippen molar-refractivity contribution in [2.45, 2.75) is 25.5 Å². The summed E-state index contributed by atoms with van der Waals surface area (Å²) >= 11 is 0. The number of amides is 1. The van der Waals surface area contributed by atoms with Crippen molar-refractivity contribution in [3.8, 4) is 5.75 Å². The Balaban J connectivity index is 1.50. The second kappa shape index (κ2) is 8.83. The van der Waals surface area contributed by atoms with Crippen molar-refractivity contribution in [2.75, 3.05) is 26.7 Å². The summed E-state index contributed by atoms with van der Waals surface area (Å²) in [4.78, 5) is 14.0. The quantitative estimate of drug-likeness (QED) is 0.800. The van der Waals surface area contributed by atoms with Gasteiger partial charge in [0.05, 0.1) is 0 Å². The molecule has 1 unspecified atom stereocenters. The second-order valence-corrected chi connectivity index (χ2v) is 6.83. The first-order chi connectivity index (χ1) is 12.6. The summed E-state index contributed by atoms with van der Waals surface area (Å²) in [5.74, 6) is 0.676. The summed E-state index contributed by atoms with van der Waals surface area (Å²) in [6.07, 6.45) is 1.20. The predicted octanol–water partition coefficient (Wildman–Crippen LogP) is 2.23. The number of aliphatic hydroxyl groups excluding tert-OH is 1.